The molecule has 0 bridgehead atoms. The van der Waals surface area contributed by atoms with E-state index in [1.54, 1.807) is 0 Å². The second-order valence-corrected chi connectivity index (χ2v) is 6.47. The molecule has 1 amide bonds. The first-order valence-electron chi connectivity index (χ1n) is 8.37. The Morgan fingerprint density at radius 3 is 2.48 bits per heavy atom. The number of hydrogen-bond donors (Lipinski definition) is 1. The van der Waals surface area contributed by atoms with Crippen LogP contribution < -0.4 is 5.32 Å². The Labute approximate surface area is 127 Å². The van der Waals surface area contributed by atoms with Gasteiger partial charge in [0, 0.05) is 19.0 Å². The Morgan fingerprint density at radius 2 is 1.81 bits per heavy atom. The number of nitrogens with one attached hydrogen (secondary N) is 1. The highest BCUT2D eigenvalue weighted by molar-refractivity contribution is 5.76. The zero-order valence-electron chi connectivity index (χ0n) is 12.8. The molecule has 1 N–H and O–H groups in total. The summed E-state index contributed by atoms with van der Waals surface area (Å²) in [6.07, 6.45) is 6.63. The first-order valence-corrected chi connectivity index (χ1v) is 8.37. The van der Waals surface area contributed by atoms with Crippen molar-refractivity contribution in [1.82, 2.24) is 10.2 Å². The summed E-state index contributed by atoms with van der Waals surface area (Å²) >= 11 is 0. The minimum absolute atomic E-state index is 0.361. The maximum atomic E-state index is 12.6. The van der Waals surface area contributed by atoms with Crippen molar-refractivity contribution >= 4 is 5.91 Å². The summed E-state index contributed by atoms with van der Waals surface area (Å²) in [4.78, 5) is 14.7. The van der Waals surface area contributed by atoms with Gasteiger partial charge in [-0.2, -0.15) is 0 Å². The van der Waals surface area contributed by atoms with Crippen molar-refractivity contribution in [3.63, 3.8) is 0 Å². The molecule has 1 aliphatic heterocycles. The lowest BCUT2D eigenvalue weighted by molar-refractivity contribution is -0.132. The largest absolute Gasteiger partial charge is 0.335 e. The highest BCUT2D eigenvalue weighted by atomic mass is 16.2. The van der Waals surface area contributed by atoms with Gasteiger partial charge in [0.25, 0.3) is 0 Å². The minimum Gasteiger partial charge on any atom is -0.335 e. The van der Waals surface area contributed by atoms with Crippen LogP contribution in [0.3, 0.4) is 0 Å². The monoisotopic (exact) mass is 286 g/mol. The second kappa shape index (κ2) is 7.08. The number of hydrogen-bond acceptors (Lipinski definition) is 2. The standard InChI is InChI=1S/C18H26N2O/c21-18(9-6-15-10-12-19-13-11-15)20(17-7-8-17)14-16-4-2-1-3-5-16/h1-5,15,17,19H,6-14H2. The summed E-state index contributed by atoms with van der Waals surface area (Å²) in [6, 6.07) is 10.9. The molecule has 2 fully saturated rings. The number of carbonyl (C=O) groups excluding carboxylic acids is 1. The van der Waals surface area contributed by atoms with E-state index in [-0.39, 0.29) is 0 Å². The van der Waals surface area contributed by atoms with Gasteiger partial charge in [0.1, 0.15) is 0 Å². The normalized spacial score (nSPS) is 19.4. The molecule has 1 heterocycles. The fourth-order valence-electron chi connectivity index (χ4n) is 3.23. The Kier molecular flexibility index (Phi) is 4.91. The molecule has 2 aliphatic rings. The lowest BCUT2D eigenvalue weighted by Gasteiger charge is -2.26. The van der Waals surface area contributed by atoms with Gasteiger partial charge in [-0.25, -0.2) is 0 Å². The summed E-state index contributed by atoms with van der Waals surface area (Å²) in [5.74, 6) is 1.10. The number of benzene rings is 1. The third kappa shape index (κ3) is 4.31. The zero-order valence-corrected chi connectivity index (χ0v) is 12.8. The molecule has 3 rings (SSSR count). The van der Waals surface area contributed by atoms with Gasteiger partial charge < -0.3 is 10.2 Å². The number of rotatable bonds is 6. The molecule has 0 radical (unpaired) electrons. The molecule has 3 nitrogen and oxygen atoms in total. The van der Waals surface area contributed by atoms with Crippen molar-refractivity contribution in [2.24, 2.45) is 5.92 Å². The summed E-state index contributed by atoms with van der Waals surface area (Å²) in [5, 5.41) is 3.39. The van der Waals surface area contributed by atoms with Crippen molar-refractivity contribution in [1.29, 1.82) is 0 Å². The molecule has 114 valence electrons. The van der Waals surface area contributed by atoms with Gasteiger partial charge in [0.15, 0.2) is 0 Å². The molecular weight excluding hydrogens is 260 g/mol. The van der Waals surface area contributed by atoms with Gasteiger partial charge >= 0.3 is 0 Å². The van der Waals surface area contributed by atoms with Gasteiger partial charge in [-0.15, -0.1) is 0 Å². The van der Waals surface area contributed by atoms with Crippen LogP contribution in [0, 0.1) is 5.92 Å². The Balaban J connectivity index is 1.52. The van der Waals surface area contributed by atoms with Crippen LogP contribution in [0.15, 0.2) is 30.3 Å². The Hall–Kier alpha value is -1.35. The minimum atomic E-state index is 0.361. The van der Waals surface area contributed by atoms with E-state index < -0.39 is 0 Å². The van der Waals surface area contributed by atoms with Crippen molar-refractivity contribution in [2.75, 3.05) is 13.1 Å². The SMILES string of the molecule is O=C(CCC1CCNCC1)N(Cc1ccccc1)C1CC1. The second-order valence-electron chi connectivity index (χ2n) is 6.47. The summed E-state index contributed by atoms with van der Waals surface area (Å²) < 4.78 is 0. The summed E-state index contributed by atoms with van der Waals surface area (Å²) in [7, 11) is 0. The molecule has 1 aromatic carbocycles. The van der Waals surface area contributed by atoms with Crippen molar-refractivity contribution < 1.29 is 4.79 Å². The van der Waals surface area contributed by atoms with Crippen LogP contribution in [0.2, 0.25) is 0 Å². The molecule has 3 heteroatoms. The molecule has 1 aromatic rings. The van der Waals surface area contributed by atoms with Crippen LogP contribution >= 0.6 is 0 Å². The van der Waals surface area contributed by atoms with Gasteiger partial charge in [0.2, 0.25) is 5.91 Å². The van der Waals surface area contributed by atoms with Gasteiger partial charge in [-0.1, -0.05) is 30.3 Å². The van der Waals surface area contributed by atoms with E-state index in [0.29, 0.717) is 11.9 Å². The zero-order chi connectivity index (χ0) is 14.5. The number of nitrogens with zero attached hydrogens (tertiary/aromatic N) is 1. The average molecular weight is 286 g/mol. The van der Waals surface area contributed by atoms with E-state index in [1.807, 2.05) is 6.07 Å². The fourth-order valence-corrected chi connectivity index (χ4v) is 3.23. The molecule has 0 unspecified atom stereocenters. The predicted molar refractivity (Wildman–Crippen MR) is 84.8 cm³/mol. The van der Waals surface area contributed by atoms with Crippen molar-refractivity contribution in [3.05, 3.63) is 35.9 Å². The van der Waals surface area contributed by atoms with Crippen molar-refractivity contribution in [3.8, 4) is 0 Å². The van der Waals surface area contributed by atoms with Crippen LogP contribution in [-0.2, 0) is 11.3 Å². The highest BCUT2D eigenvalue weighted by Gasteiger charge is 2.32. The maximum Gasteiger partial charge on any atom is 0.223 e. The van der Waals surface area contributed by atoms with Gasteiger partial charge in [0.05, 0.1) is 0 Å². The van der Waals surface area contributed by atoms with E-state index in [2.05, 4.69) is 34.5 Å². The smallest absolute Gasteiger partial charge is 0.223 e. The van der Waals surface area contributed by atoms with E-state index in [1.165, 1.54) is 31.2 Å². The lowest BCUT2D eigenvalue weighted by Crippen LogP contribution is -2.33. The van der Waals surface area contributed by atoms with Crippen molar-refractivity contribution in [2.45, 2.75) is 51.1 Å². The average Bonchev–Trinajstić information content (AvgIpc) is 3.37. The third-order valence-corrected chi connectivity index (χ3v) is 4.73. The number of carbonyl (C=O) groups is 1. The third-order valence-electron chi connectivity index (χ3n) is 4.73. The molecule has 0 atom stereocenters. The van der Waals surface area contributed by atoms with E-state index in [9.17, 15) is 4.79 Å². The van der Waals surface area contributed by atoms with Crippen LogP contribution in [0.5, 0.6) is 0 Å². The molecular formula is C18H26N2O. The Bertz CT molecular complexity index is 450. The first-order chi connectivity index (χ1) is 10.3. The van der Waals surface area contributed by atoms with Crippen LogP contribution in [0.25, 0.3) is 0 Å². The van der Waals surface area contributed by atoms with E-state index in [4.69, 9.17) is 0 Å². The van der Waals surface area contributed by atoms with E-state index in [0.717, 1.165) is 38.4 Å². The number of piperidine rings is 1. The number of amides is 1. The lowest BCUT2D eigenvalue weighted by atomic mass is 9.93. The molecule has 0 spiro atoms. The maximum absolute atomic E-state index is 12.6. The topological polar surface area (TPSA) is 32.3 Å². The predicted octanol–water partition coefficient (Wildman–Crippen LogP) is 2.96. The van der Waals surface area contributed by atoms with E-state index >= 15 is 0 Å². The highest BCUT2D eigenvalue weighted by Crippen LogP contribution is 2.30. The molecule has 1 saturated carbocycles. The Morgan fingerprint density at radius 1 is 1.10 bits per heavy atom. The van der Waals surface area contributed by atoms with Crippen LogP contribution in [0.4, 0.5) is 0 Å². The fraction of sp³-hybridized carbons (Fsp3) is 0.611. The first kappa shape index (κ1) is 14.6. The van der Waals surface area contributed by atoms with Gasteiger partial charge in [-0.3, -0.25) is 4.79 Å². The molecule has 21 heavy (non-hydrogen) atoms. The molecule has 1 saturated heterocycles. The molecule has 1 aliphatic carbocycles. The van der Waals surface area contributed by atoms with Gasteiger partial charge in [-0.05, 0) is 56.7 Å². The summed E-state index contributed by atoms with van der Waals surface area (Å²) in [6.45, 7) is 3.03. The van der Waals surface area contributed by atoms with Crippen LogP contribution in [-0.4, -0.2) is 29.9 Å². The molecule has 0 aromatic heterocycles. The quantitative estimate of drug-likeness (QED) is 0.872. The van der Waals surface area contributed by atoms with Crippen LogP contribution in [0.1, 0.15) is 44.1 Å². The summed E-state index contributed by atoms with van der Waals surface area (Å²) in [5.41, 5.74) is 1.25.